The van der Waals surface area contributed by atoms with Crippen LogP contribution in [0.5, 0.6) is 11.5 Å². The summed E-state index contributed by atoms with van der Waals surface area (Å²) >= 11 is 0. The monoisotopic (exact) mass is 1060 g/mol. The van der Waals surface area contributed by atoms with Crippen LogP contribution in [-0.4, -0.2) is 125 Å². The number of oxazole rings is 1. The third-order valence-electron chi connectivity index (χ3n) is 14.0. The smallest absolute Gasteiger partial charge is 0.410 e. The van der Waals surface area contributed by atoms with E-state index >= 15 is 0 Å². The van der Waals surface area contributed by atoms with Crippen molar-refractivity contribution in [2.75, 3.05) is 23.7 Å². The third-order valence-corrected chi connectivity index (χ3v) is 14.0. The predicted molar refractivity (Wildman–Crippen MR) is 286 cm³/mol. The fourth-order valence-electron chi connectivity index (χ4n) is 9.31. The number of ether oxygens (including phenoxy) is 3. The molecule has 20 nitrogen and oxygen atoms in total. The van der Waals surface area contributed by atoms with Crippen LogP contribution in [0.1, 0.15) is 134 Å². The first-order valence-electron chi connectivity index (χ1n) is 26.5. The second-order valence-electron chi connectivity index (χ2n) is 22.3. The maximum absolute atomic E-state index is 13.3. The molecule has 4 aliphatic rings. The molecule has 5 heterocycles. The fourth-order valence-corrected chi connectivity index (χ4v) is 9.31. The minimum atomic E-state index is -1.03. The number of fused-ring (bicyclic) bond motifs is 2. The van der Waals surface area contributed by atoms with E-state index in [0.29, 0.717) is 59.2 Å². The molecule has 2 fully saturated rings. The summed E-state index contributed by atoms with van der Waals surface area (Å²) in [4.78, 5) is 67.7. The molecule has 412 valence electrons. The molecule has 20 heteroatoms. The number of nitrogens with one attached hydrogen (secondary N) is 4. The standard InChI is InChI=1S/C31H39N5O6.C26H34N4O5/c1-19-27(41-18-34-19)17-40-24-9-8-20-13-25(36(16-22(20)12-24)30(39)42-31(2,3)4)26(37)15-33-29(38)21-10-11-32-28(14-21)35-23-6-5-7-23;1-26(2,3)35-25(34)30-15-18-11-20(31)8-7-16(18)12-21(30)22(32)14-28-24(33)17-9-10-27-23(13-17)29-19-5-4-6-19/h8-12,14,18,23,25-26,37H,5-7,13,15-17H2,1-4H3,(H,32,35)(H,33,38);7-11,13,19,21-22,31-32H,4-6,12,14-15H2,1-3H3,(H,27,29)(H,28,33)/t25-,26+;21-,22+/m00/s1. The number of hydrogen-bond acceptors (Lipinski definition) is 16. The zero-order chi connectivity index (χ0) is 55.0. The minimum absolute atomic E-state index is 0.0378. The van der Waals surface area contributed by atoms with Gasteiger partial charge in [0.05, 0.1) is 30.0 Å². The Morgan fingerprint density at radius 1 is 0.662 bits per heavy atom. The van der Waals surface area contributed by atoms with Gasteiger partial charge in [-0.1, -0.05) is 12.1 Å². The number of aromatic hydroxyl groups is 1. The third kappa shape index (κ3) is 15.2. The molecule has 4 atom stereocenters. The number of phenolic OH excluding ortho intramolecular Hbond substituents is 1. The normalized spacial score (nSPS) is 18.1. The number of benzene rings is 2. The van der Waals surface area contributed by atoms with E-state index in [0.717, 1.165) is 53.6 Å². The maximum atomic E-state index is 13.3. The van der Waals surface area contributed by atoms with Crippen LogP contribution in [0.2, 0.25) is 0 Å². The largest absolute Gasteiger partial charge is 0.508 e. The topological polar surface area (TPSA) is 263 Å². The molecule has 7 N–H and O–H groups in total. The number of pyridine rings is 2. The van der Waals surface area contributed by atoms with E-state index in [1.165, 1.54) is 29.0 Å². The summed E-state index contributed by atoms with van der Waals surface area (Å²) in [6.07, 6.45) is 8.97. The van der Waals surface area contributed by atoms with Gasteiger partial charge in [0.1, 0.15) is 40.9 Å². The number of aryl methyl sites for hydroxylation is 1. The van der Waals surface area contributed by atoms with E-state index in [4.69, 9.17) is 18.6 Å². The van der Waals surface area contributed by atoms with Gasteiger partial charge in [-0.15, -0.1) is 0 Å². The summed E-state index contributed by atoms with van der Waals surface area (Å²) in [5.74, 6) is 2.06. The Bertz CT molecular complexity index is 2870. The lowest BCUT2D eigenvalue weighted by Gasteiger charge is -2.40. The number of rotatable bonds is 15. The minimum Gasteiger partial charge on any atom is -0.508 e. The van der Waals surface area contributed by atoms with Gasteiger partial charge in [-0.3, -0.25) is 19.4 Å². The highest BCUT2D eigenvalue weighted by atomic mass is 16.6. The highest BCUT2D eigenvalue weighted by Gasteiger charge is 2.39. The number of carbonyl (C=O) groups excluding carboxylic acids is 4. The van der Waals surface area contributed by atoms with Crippen molar-refractivity contribution in [1.82, 2.24) is 35.4 Å². The van der Waals surface area contributed by atoms with Gasteiger partial charge in [0.15, 0.2) is 12.2 Å². The Labute approximate surface area is 449 Å². The number of nitrogens with zero attached hydrogens (tertiary/aromatic N) is 5. The number of phenols is 1. The molecule has 2 aliphatic carbocycles. The number of anilines is 2. The predicted octanol–water partition coefficient (Wildman–Crippen LogP) is 7.58. The summed E-state index contributed by atoms with van der Waals surface area (Å²) in [5.41, 5.74) is 3.85. The first-order valence-corrected chi connectivity index (χ1v) is 26.5. The van der Waals surface area contributed by atoms with E-state index in [9.17, 15) is 34.5 Å². The van der Waals surface area contributed by atoms with Gasteiger partial charge in [0, 0.05) is 61.8 Å². The van der Waals surface area contributed by atoms with Crippen LogP contribution in [-0.2, 0) is 42.0 Å². The first kappa shape index (κ1) is 55.8. The molecule has 0 saturated heterocycles. The van der Waals surface area contributed by atoms with Crippen LogP contribution in [0.3, 0.4) is 0 Å². The Morgan fingerprint density at radius 2 is 1.14 bits per heavy atom. The van der Waals surface area contributed by atoms with E-state index in [-0.39, 0.29) is 50.3 Å². The highest BCUT2D eigenvalue weighted by Crippen LogP contribution is 2.32. The Morgan fingerprint density at radius 3 is 1.58 bits per heavy atom. The average Bonchev–Trinajstić information content (AvgIpc) is 3.78. The molecule has 77 heavy (non-hydrogen) atoms. The Balaban J connectivity index is 0.000000207. The van der Waals surface area contributed by atoms with E-state index in [1.54, 1.807) is 96.4 Å². The number of amides is 4. The molecule has 0 bridgehead atoms. The fraction of sp³-hybridized carbons (Fsp3) is 0.491. The van der Waals surface area contributed by atoms with Crippen LogP contribution in [0.4, 0.5) is 21.2 Å². The second-order valence-corrected chi connectivity index (χ2v) is 22.3. The number of carbonyl (C=O) groups is 4. The SMILES string of the molecule is CC(C)(C)OC(=O)N1Cc2cc(O)ccc2C[C@H]1[C@H](O)CNC(=O)c1ccnc(NC2CCC2)c1.Cc1ncoc1COc1ccc2c(c1)CN(C(=O)OC(C)(C)C)[C@H]([C@H](O)CNC(=O)c1ccnc(NC3CCC3)c1)C2. The van der Waals surface area contributed by atoms with Crippen LogP contribution in [0.15, 0.2) is 83.9 Å². The number of aliphatic hydroxyl groups is 2. The van der Waals surface area contributed by atoms with Crippen LogP contribution < -0.4 is 26.0 Å². The van der Waals surface area contributed by atoms with Crippen molar-refractivity contribution in [1.29, 1.82) is 0 Å². The molecule has 2 aliphatic heterocycles. The molecule has 3 aromatic heterocycles. The zero-order valence-corrected chi connectivity index (χ0v) is 45.0. The molecular formula is C57H73N9O11. The van der Waals surface area contributed by atoms with Gasteiger partial charge in [0.25, 0.3) is 11.8 Å². The number of aliphatic hydroxyl groups excluding tert-OH is 2. The molecule has 2 saturated carbocycles. The molecule has 5 aromatic rings. The lowest BCUT2D eigenvalue weighted by molar-refractivity contribution is -0.0118. The maximum Gasteiger partial charge on any atom is 0.410 e. The molecule has 0 spiro atoms. The van der Waals surface area contributed by atoms with Crippen molar-refractivity contribution in [3.05, 3.63) is 124 Å². The van der Waals surface area contributed by atoms with Crippen molar-refractivity contribution in [2.45, 2.75) is 167 Å². The second kappa shape index (κ2) is 24.3. The van der Waals surface area contributed by atoms with Crippen molar-refractivity contribution < 1.29 is 53.1 Å². The van der Waals surface area contributed by atoms with Gasteiger partial charge < -0.3 is 55.2 Å². The van der Waals surface area contributed by atoms with Crippen molar-refractivity contribution in [3.8, 4) is 11.5 Å². The van der Waals surface area contributed by atoms with E-state index in [2.05, 4.69) is 36.2 Å². The lowest BCUT2D eigenvalue weighted by Crippen LogP contribution is -2.54. The first-order chi connectivity index (χ1) is 36.6. The van der Waals surface area contributed by atoms with E-state index < -0.39 is 47.7 Å². The average molecular weight is 1060 g/mol. The molecule has 9 rings (SSSR count). The molecule has 4 amide bonds. The van der Waals surface area contributed by atoms with Gasteiger partial charge >= 0.3 is 12.2 Å². The van der Waals surface area contributed by atoms with Crippen LogP contribution in [0, 0.1) is 6.92 Å². The lowest BCUT2D eigenvalue weighted by atomic mass is 9.91. The van der Waals surface area contributed by atoms with Crippen molar-refractivity contribution >= 4 is 35.6 Å². The Hall–Kier alpha value is -7.45. The molecule has 2 aromatic carbocycles. The van der Waals surface area contributed by atoms with Gasteiger partial charge in [-0.25, -0.2) is 24.5 Å². The van der Waals surface area contributed by atoms with Crippen molar-refractivity contribution in [2.24, 2.45) is 0 Å². The van der Waals surface area contributed by atoms with Crippen molar-refractivity contribution in [3.63, 3.8) is 0 Å². The Kier molecular flexibility index (Phi) is 17.6. The molecular weight excluding hydrogens is 987 g/mol. The van der Waals surface area contributed by atoms with Gasteiger partial charge in [-0.2, -0.15) is 0 Å². The van der Waals surface area contributed by atoms with Gasteiger partial charge in [0.2, 0.25) is 0 Å². The summed E-state index contributed by atoms with van der Waals surface area (Å²) in [5, 5.41) is 44.5. The van der Waals surface area contributed by atoms with E-state index in [1.807, 2.05) is 25.1 Å². The highest BCUT2D eigenvalue weighted by molar-refractivity contribution is 5.95. The van der Waals surface area contributed by atoms with Gasteiger partial charge in [-0.05, 0) is 171 Å². The number of aromatic nitrogens is 3. The zero-order valence-electron chi connectivity index (χ0n) is 45.0. The number of hydrogen-bond donors (Lipinski definition) is 7. The summed E-state index contributed by atoms with van der Waals surface area (Å²) in [6, 6.07) is 17.0. The molecule has 0 unspecified atom stereocenters. The summed E-state index contributed by atoms with van der Waals surface area (Å²) in [7, 11) is 0. The molecule has 0 radical (unpaired) electrons. The quantitative estimate of drug-likeness (QED) is 0.0533. The summed E-state index contributed by atoms with van der Waals surface area (Å²) in [6.45, 7) is 13.2. The van der Waals surface area contributed by atoms with Crippen LogP contribution >= 0.6 is 0 Å². The van der Waals surface area contributed by atoms with Crippen LogP contribution in [0.25, 0.3) is 0 Å². The summed E-state index contributed by atoms with van der Waals surface area (Å²) < 4.78 is 22.5.